The lowest BCUT2D eigenvalue weighted by Gasteiger charge is -2.34. The fraction of sp³-hybridized carbons (Fsp3) is 0.941. The third-order valence-corrected chi connectivity index (χ3v) is 5.07. The minimum atomic E-state index is 0. The molecule has 2 saturated carbocycles. The van der Waals surface area contributed by atoms with Gasteiger partial charge in [0.1, 0.15) is 0 Å². The van der Waals surface area contributed by atoms with Crippen LogP contribution in [0.2, 0.25) is 0 Å². The summed E-state index contributed by atoms with van der Waals surface area (Å²) < 4.78 is 0. The van der Waals surface area contributed by atoms with Crippen molar-refractivity contribution < 1.29 is 4.79 Å². The molecule has 2 aliphatic carbocycles. The molecule has 2 N–H and O–H groups in total. The number of amides is 1. The van der Waals surface area contributed by atoms with E-state index in [0.29, 0.717) is 5.91 Å². The van der Waals surface area contributed by atoms with E-state index >= 15 is 0 Å². The molecule has 0 aliphatic heterocycles. The van der Waals surface area contributed by atoms with Gasteiger partial charge in [0.05, 0.1) is 0 Å². The van der Waals surface area contributed by atoms with Crippen molar-refractivity contribution in [1.29, 1.82) is 0 Å². The molecule has 2 rings (SSSR count). The first-order valence-electron chi connectivity index (χ1n) is 8.75. The highest BCUT2D eigenvalue weighted by atomic mass is 35.5. The number of rotatable bonds is 5. The molecule has 0 saturated heterocycles. The van der Waals surface area contributed by atoms with Crippen molar-refractivity contribution in [3.63, 3.8) is 0 Å². The fourth-order valence-electron chi connectivity index (χ4n) is 3.95. The van der Waals surface area contributed by atoms with E-state index in [1.807, 2.05) is 0 Å². The molecular formula is C17H33ClN2O. The zero-order chi connectivity index (χ0) is 14.4. The topological polar surface area (TPSA) is 46.3 Å². The minimum absolute atomic E-state index is 0. The van der Waals surface area contributed by atoms with Crippen LogP contribution in [0, 0.1) is 11.8 Å². The van der Waals surface area contributed by atoms with Crippen molar-refractivity contribution in [2.75, 3.05) is 13.1 Å². The first-order valence-corrected chi connectivity index (χ1v) is 8.75. The summed E-state index contributed by atoms with van der Waals surface area (Å²) in [6, 6.07) is 0.246. The molecule has 0 aromatic rings. The summed E-state index contributed by atoms with van der Waals surface area (Å²) in [6.07, 6.45) is 12.0. The molecule has 1 amide bonds. The molecule has 124 valence electrons. The number of hydrogen-bond donors (Lipinski definition) is 1. The molecular weight excluding hydrogens is 284 g/mol. The second-order valence-electron chi connectivity index (χ2n) is 6.91. The number of carbonyl (C=O) groups excluding carboxylic acids is 1. The third-order valence-electron chi connectivity index (χ3n) is 5.07. The number of halogens is 1. The minimum Gasteiger partial charge on any atom is -0.342 e. The van der Waals surface area contributed by atoms with E-state index in [-0.39, 0.29) is 24.4 Å². The van der Waals surface area contributed by atoms with Crippen molar-refractivity contribution in [3.8, 4) is 0 Å². The Hall–Kier alpha value is -0.280. The molecule has 2 aliphatic rings. The molecule has 2 fully saturated rings. The standard InChI is InChI=1S/C17H32N2O.ClH/c1-2-11-19(13-14-7-4-3-5-8-14)17(20)15-9-6-10-16(18)12-15;/h14-16H,2-13,18H2,1H3;1H. The average Bonchev–Trinajstić information content (AvgIpc) is 2.47. The predicted molar refractivity (Wildman–Crippen MR) is 90.6 cm³/mol. The van der Waals surface area contributed by atoms with Crippen molar-refractivity contribution in [2.24, 2.45) is 17.6 Å². The van der Waals surface area contributed by atoms with Crippen LogP contribution in [0.25, 0.3) is 0 Å². The van der Waals surface area contributed by atoms with Crippen LogP contribution in [0.1, 0.15) is 71.1 Å². The lowest BCUT2D eigenvalue weighted by Crippen LogP contribution is -2.43. The summed E-state index contributed by atoms with van der Waals surface area (Å²) in [5, 5.41) is 0. The van der Waals surface area contributed by atoms with Gasteiger partial charge in [-0.1, -0.05) is 32.6 Å². The van der Waals surface area contributed by atoms with E-state index in [0.717, 1.165) is 51.1 Å². The summed E-state index contributed by atoms with van der Waals surface area (Å²) in [4.78, 5) is 14.9. The van der Waals surface area contributed by atoms with Crippen molar-refractivity contribution in [3.05, 3.63) is 0 Å². The van der Waals surface area contributed by atoms with Crippen LogP contribution in [-0.2, 0) is 4.79 Å². The van der Waals surface area contributed by atoms with Gasteiger partial charge in [0, 0.05) is 25.0 Å². The Labute approximate surface area is 136 Å². The van der Waals surface area contributed by atoms with Gasteiger partial charge in [-0.25, -0.2) is 0 Å². The second-order valence-corrected chi connectivity index (χ2v) is 6.91. The predicted octanol–water partition coefficient (Wildman–Crippen LogP) is 3.74. The van der Waals surface area contributed by atoms with Crippen LogP contribution in [0.3, 0.4) is 0 Å². The number of hydrogen-bond acceptors (Lipinski definition) is 2. The third kappa shape index (κ3) is 5.78. The normalized spacial score (nSPS) is 27.0. The van der Waals surface area contributed by atoms with E-state index < -0.39 is 0 Å². The molecule has 0 heterocycles. The Morgan fingerprint density at radius 1 is 1.10 bits per heavy atom. The maximum absolute atomic E-state index is 12.8. The van der Waals surface area contributed by atoms with Gasteiger partial charge in [-0.2, -0.15) is 0 Å². The molecule has 0 bridgehead atoms. The Kier molecular flexibility index (Phi) is 8.65. The summed E-state index contributed by atoms with van der Waals surface area (Å²) >= 11 is 0. The van der Waals surface area contributed by atoms with Gasteiger partial charge in [-0.05, 0) is 44.4 Å². The molecule has 0 radical (unpaired) electrons. The Morgan fingerprint density at radius 3 is 2.43 bits per heavy atom. The monoisotopic (exact) mass is 316 g/mol. The van der Waals surface area contributed by atoms with Crippen molar-refractivity contribution in [1.82, 2.24) is 4.90 Å². The lowest BCUT2D eigenvalue weighted by atomic mass is 9.84. The molecule has 4 heteroatoms. The Morgan fingerprint density at radius 2 is 1.81 bits per heavy atom. The van der Waals surface area contributed by atoms with Crippen molar-refractivity contribution >= 4 is 18.3 Å². The van der Waals surface area contributed by atoms with E-state index in [4.69, 9.17) is 5.73 Å². The summed E-state index contributed by atoms with van der Waals surface area (Å²) in [6.45, 7) is 4.10. The molecule has 0 aromatic carbocycles. The SMILES string of the molecule is CCCN(CC1CCCCC1)C(=O)C1CCCC(N)C1.Cl. The Balaban J connectivity index is 0.00000220. The molecule has 0 aromatic heterocycles. The summed E-state index contributed by atoms with van der Waals surface area (Å²) in [7, 11) is 0. The smallest absolute Gasteiger partial charge is 0.225 e. The maximum Gasteiger partial charge on any atom is 0.225 e. The van der Waals surface area contributed by atoms with Gasteiger partial charge in [0.2, 0.25) is 5.91 Å². The second kappa shape index (κ2) is 9.68. The highest BCUT2D eigenvalue weighted by Gasteiger charge is 2.30. The van der Waals surface area contributed by atoms with E-state index in [1.54, 1.807) is 0 Å². The van der Waals surface area contributed by atoms with E-state index in [2.05, 4.69) is 11.8 Å². The fourth-order valence-corrected chi connectivity index (χ4v) is 3.95. The zero-order valence-electron chi connectivity index (χ0n) is 13.6. The molecule has 0 spiro atoms. The highest BCUT2D eigenvalue weighted by Crippen LogP contribution is 2.28. The van der Waals surface area contributed by atoms with E-state index in [1.165, 1.54) is 32.1 Å². The van der Waals surface area contributed by atoms with Crippen LogP contribution < -0.4 is 5.73 Å². The number of nitrogens with zero attached hydrogens (tertiary/aromatic N) is 1. The zero-order valence-corrected chi connectivity index (χ0v) is 14.4. The van der Waals surface area contributed by atoms with Gasteiger partial charge in [0.15, 0.2) is 0 Å². The van der Waals surface area contributed by atoms with Crippen molar-refractivity contribution in [2.45, 2.75) is 77.2 Å². The summed E-state index contributed by atoms with van der Waals surface area (Å²) in [5.41, 5.74) is 6.05. The van der Waals surface area contributed by atoms with Gasteiger partial charge >= 0.3 is 0 Å². The molecule has 21 heavy (non-hydrogen) atoms. The maximum atomic E-state index is 12.8. The highest BCUT2D eigenvalue weighted by molar-refractivity contribution is 5.85. The van der Waals surface area contributed by atoms with E-state index in [9.17, 15) is 4.79 Å². The number of carbonyl (C=O) groups is 1. The molecule has 2 unspecified atom stereocenters. The van der Waals surface area contributed by atoms with Crippen LogP contribution in [-0.4, -0.2) is 29.9 Å². The lowest BCUT2D eigenvalue weighted by molar-refractivity contribution is -0.137. The van der Waals surface area contributed by atoms with Gasteiger partial charge in [-0.15, -0.1) is 12.4 Å². The van der Waals surface area contributed by atoms with Gasteiger partial charge in [0.25, 0.3) is 0 Å². The van der Waals surface area contributed by atoms with Crippen LogP contribution >= 0.6 is 12.4 Å². The number of nitrogens with two attached hydrogens (primary N) is 1. The van der Waals surface area contributed by atoms with Crippen LogP contribution in [0.4, 0.5) is 0 Å². The first-order chi connectivity index (χ1) is 9.70. The average molecular weight is 317 g/mol. The molecule has 3 nitrogen and oxygen atoms in total. The Bertz CT molecular complexity index is 305. The van der Waals surface area contributed by atoms with Gasteiger partial charge < -0.3 is 10.6 Å². The van der Waals surface area contributed by atoms with Crippen LogP contribution in [0.15, 0.2) is 0 Å². The van der Waals surface area contributed by atoms with Crippen LogP contribution in [0.5, 0.6) is 0 Å². The summed E-state index contributed by atoms with van der Waals surface area (Å²) in [5.74, 6) is 1.35. The van der Waals surface area contributed by atoms with Gasteiger partial charge in [-0.3, -0.25) is 4.79 Å². The quantitative estimate of drug-likeness (QED) is 0.839. The molecule has 2 atom stereocenters. The first kappa shape index (κ1) is 18.8. The largest absolute Gasteiger partial charge is 0.342 e.